The van der Waals surface area contributed by atoms with Gasteiger partial charge in [-0.15, -0.1) is 0 Å². The summed E-state index contributed by atoms with van der Waals surface area (Å²) in [7, 11) is 5.57. The zero-order valence-electron chi connectivity index (χ0n) is 7.44. The summed E-state index contributed by atoms with van der Waals surface area (Å²) >= 11 is 0. The first kappa shape index (κ1) is 8.38. The molecule has 0 heterocycles. The number of hydrogen-bond acceptors (Lipinski definition) is 0. The molecule has 0 aliphatic carbocycles. The molecule has 0 aromatic heterocycles. The molecule has 0 amide bonds. The summed E-state index contributed by atoms with van der Waals surface area (Å²) in [4.78, 5) is 0. The molecule has 2 radical (unpaired) electrons. The van der Waals surface area contributed by atoms with Crippen LogP contribution in [0.1, 0.15) is 22.3 Å². The SMILES string of the molecule is [B]Cc1ccc(C)c(C)c1C. The van der Waals surface area contributed by atoms with E-state index in [4.69, 9.17) is 7.85 Å². The maximum atomic E-state index is 5.57. The highest BCUT2D eigenvalue weighted by molar-refractivity contribution is 6.08. The quantitative estimate of drug-likeness (QED) is 0.530. The van der Waals surface area contributed by atoms with Crippen LogP contribution in [0.15, 0.2) is 12.1 Å². The number of rotatable bonds is 1. The molecular weight excluding hydrogens is 131 g/mol. The van der Waals surface area contributed by atoms with E-state index in [1.165, 1.54) is 22.3 Å². The molecule has 1 rings (SSSR count). The fraction of sp³-hybridized carbons (Fsp3) is 0.400. The van der Waals surface area contributed by atoms with Crippen molar-refractivity contribution in [2.75, 3.05) is 0 Å². The van der Waals surface area contributed by atoms with Gasteiger partial charge in [0.1, 0.15) is 0 Å². The minimum Gasteiger partial charge on any atom is -0.0641 e. The lowest BCUT2D eigenvalue weighted by atomic mass is 9.90. The standard InChI is InChI=1S/C10H13B/c1-7-4-5-10(6-11)9(3)8(7)2/h4-5H,6H2,1-3H3. The predicted molar refractivity (Wildman–Crippen MR) is 50.1 cm³/mol. The van der Waals surface area contributed by atoms with Gasteiger partial charge >= 0.3 is 0 Å². The number of hydrogen-bond donors (Lipinski definition) is 0. The zero-order valence-corrected chi connectivity index (χ0v) is 7.44. The Labute approximate surface area is 70.0 Å². The van der Waals surface area contributed by atoms with Crippen LogP contribution in [0.3, 0.4) is 0 Å². The van der Waals surface area contributed by atoms with Gasteiger partial charge in [0.15, 0.2) is 0 Å². The van der Waals surface area contributed by atoms with Gasteiger partial charge in [-0.05, 0) is 37.5 Å². The van der Waals surface area contributed by atoms with Crippen LogP contribution in [0.25, 0.3) is 0 Å². The van der Waals surface area contributed by atoms with Crippen LogP contribution in [0.5, 0.6) is 0 Å². The molecule has 0 nitrogen and oxygen atoms in total. The van der Waals surface area contributed by atoms with Gasteiger partial charge in [-0.25, -0.2) is 0 Å². The normalized spacial score (nSPS) is 10.1. The van der Waals surface area contributed by atoms with Gasteiger partial charge in [-0.3, -0.25) is 0 Å². The minimum atomic E-state index is 0.646. The average molecular weight is 144 g/mol. The first-order valence-electron chi connectivity index (χ1n) is 3.92. The Kier molecular flexibility index (Phi) is 2.38. The summed E-state index contributed by atoms with van der Waals surface area (Å²) in [5.74, 6) is 0. The van der Waals surface area contributed by atoms with Crippen LogP contribution in [0.4, 0.5) is 0 Å². The second kappa shape index (κ2) is 3.12. The third kappa shape index (κ3) is 1.47. The molecule has 1 aromatic carbocycles. The molecule has 0 aliphatic heterocycles. The number of aryl methyl sites for hydroxylation is 1. The van der Waals surface area contributed by atoms with Crippen LogP contribution in [0.2, 0.25) is 0 Å². The van der Waals surface area contributed by atoms with Crippen molar-refractivity contribution in [1.82, 2.24) is 0 Å². The molecule has 0 spiro atoms. The van der Waals surface area contributed by atoms with E-state index in [2.05, 4.69) is 32.9 Å². The van der Waals surface area contributed by atoms with Crippen LogP contribution >= 0.6 is 0 Å². The Hall–Kier alpha value is -0.715. The monoisotopic (exact) mass is 144 g/mol. The smallest absolute Gasteiger partial charge is 0.0641 e. The summed E-state index contributed by atoms with van der Waals surface area (Å²) in [6.07, 6.45) is 0.646. The fourth-order valence-electron chi connectivity index (χ4n) is 1.23. The molecule has 0 saturated heterocycles. The highest BCUT2D eigenvalue weighted by Crippen LogP contribution is 2.16. The van der Waals surface area contributed by atoms with E-state index in [0.717, 1.165) is 0 Å². The maximum absolute atomic E-state index is 5.57. The Morgan fingerprint density at radius 2 is 1.73 bits per heavy atom. The molecule has 0 aliphatic rings. The van der Waals surface area contributed by atoms with Crippen molar-refractivity contribution in [3.05, 3.63) is 34.4 Å². The molecule has 11 heavy (non-hydrogen) atoms. The van der Waals surface area contributed by atoms with E-state index >= 15 is 0 Å². The summed E-state index contributed by atoms with van der Waals surface area (Å²) < 4.78 is 0. The van der Waals surface area contributed by atoms with E-state index in [-0.39, 0.29) is 0 Å². The van der Waals surface area contributed by atoms with Gasteiger partial charge in [-0.1, -0.05) is 24.0 Å². The van der Waals surface area contributed by atoms with E-state index < -0.39 is 0 Å². The summed E-state index contributed by atoms with van der Waals surface area (Å²) in [6.45, 7) is 6.40. The van der Waals surface area contributed by atoms with E-state index in [1.807, 2.05) is 0 Å². The minimum absolute atomic E-state index is 0.646. The Morgan fingerprint density at radius 1 is 1.09 bits per heavy atom. The molecule has 0 fully saturated rings. The van der Waals surface area contributed by atoms with Crippen molar-refractivity contribution in [3.8, 4) is 0 Å². The van der Waals surface area contributed by atoms with Crippen molar-refractivity contribution >= 4 is 7.85 Å². The Balaban J connectivity index is 3.25. The lowest BCUT2D eigenvalue weighted by Crippen LogP contribution is -1.94. The molecule has 0 unspecified atom stereocenters. The van der Waals surface area contributed by atoms with Crippen LogP contribution in [-0.4, -0.2) is 7.85 Å². The third-order valence-electron chi connectivity index (χ3n) is 2.39. The van der Waals surface area contributed by atoms with E-state index in [1.54, 1.807) is 0 Å². The highest BCUT2D eigenvalue weighted by Gasteiger charge is 2.00. The summed E-state index contributed by atoms with van der Waals surface area (Å²) in [5, 5.41) is 0. The van der Waals surface area contributed by atoms with Crippen molar-refractivity contribution in [2.45, 2.75) is 27.1 Å². The second-order valence-electron chi connectivity index (χ2n) is 3.00. The van der Waals surface area contributed by atoms with E-state index in [0.29, 0.717) is 6.32 Å². The topological polar surface area (TPSA) is 0 Å². The Morgan fingerprint density at radius 3 is 2.27 bits per heavy atom. The molecule has 0 saturated carbocycles. The van der Waals surface area contributed by atoms with Crippen LogP contribution in [0, 0.1) is 20.8 Å². The average Bonchev–Trinajstić information content (AvgIpc) is 2.01. The molecule has 56 valence electrons. The van der Waals surface area contributed by atoms with Crippen LogP contribution in [-0.2, 0) is 6.32 Å². The summed E-state index contributed by atoms with van der Waals surface area (Å²) in [6, 6.07) is 4.24. The van der Waals surface area contributed by atoms with Crippen LogP contribution < -0.4 is 0 Å². The van der Waals surface area contributed by atoms with Gasteiger partial charge in [-0.2, -0.15) is 0 Å². The largest absolute Gasteiger partial charge is 0.0716 e. The highest BCUT2D eigenvalue weighted by atomic mass is 14.0. The summed E-state index contributed by atoms with van der Waals surface area (Å²) in [5.41, 5.74) is 5.31. The fourth-order valence-corrected chi connectivity index (χ4v) is 1.23. The molecule has 0 N–H and O–H groups in total. The van der Waals surface area contributed by atoms with Gasteiger partial charge in [0.25, 0.3) is 0 Å². The van der Waals surface area contributed by atoms with Gasteiger partial charge in [0.05, 0.1) is 7.85 Å². The molecule has 1 aromatic rings. The first-order chi connectivity index (χ1) is 5.16. The van der Waals surface area contributed by atoms with Crippen molar-refractivity contribution in [3.63, 3.8) is 0 Å². The molecule has 0 atom stereocenters. The van der Waals surface area contributed by atoms with Gasteiger partial charge in [0, 0.05) is 0 Å². The van der Waals surface area contributed by atoms with Crippen molar-refractivity contribution in [2.24, 2.45) is 0 Å². The molecule has 1 heteroatoms. The Bertz CT molecular complexity index is 264. The van der Waals surface area contributed by atoms with E-state index in [9.17, 15) is 0 Å². The lowest BCUT2D eigenvalue weighted by molar-refractivity contribution is 1.20. The molecule has 0 bridgehead atoms. The molecular formula is C10H13B. The van der Waals surface area contributed by atoms with Gasteiger partial charge in [0.2, 0.25) is 0 Å². The first-order valence-corrected chi connectivity index (χ1v) is 3.92. The third-order valence-corrected chi connectivity index (χ3v) is 2.39. The van der Waals surface area contributed by atoms with Gasteiger partial charge < -0.3 is 0 Å². The lowest BCUT2D eigenvalue weighted by Gasteiger charge is -2.08. The number of benzene rings is 1. The maximum Gasteiger partial charge on any atom is 0.0716 e. The van der Waals surface area contributed by atoms with Crippen molar-refractivity contribution < 1.29 is 0 Å². The van der Waals surface area contributed by atoms with Crippen molar-refractivity contribution in [1.29, 1.82) is 0 Å². The second-order valence-corrected chi connectivity index (χ2v) is 3.00. The zero-order chi connectivity index (χ0) is 8.43. The predicted octanol–water partition coefficient (Wildman–Crippen LogP) is 2.28.